The molecule has 0 fully saturated rings. The van der Waals surface area contributed by atoms with Crippen molar-refractivity contribution in [2.24, 2.45) is 0 Å². The number of carboxylic acid groups (broad SMARTS) is 1. The van der Waals surface area contributed by atoms with Gasteiger partial charge in [-0.05, 0) is 24.6 Å². The molecular formula is C11H10FNO2. The molecule has 2 N–H and O–H groups in total. The minimum atomic E-state index is -0.891. The molecule has 0 bridgehead atoms. The molecule has 0 radical (unpaired) electrons. The normalized spacial score (nSPS) is 10.8. The molecule has 0 unspecified atom stereocenters. The van der Waals surface area contributed by atoms with E-state index >= 15 is 0 Å². The number of H-pyrrole nitrogens is 1. The first-order valence-electron chi connectivity index (χ1n) is 4.56. The number of carboxylic acids is 1. The third-order valence-corrected chi connectivity index (χ3v) is 2.48. The minimum absolute atomic E-state index is 0.0505. The van der Waals surface area contributed by atoms with E-state index in [2.05, 4.69) is 4.98 Å². The van der Waals surface area contributed by atoms with E-state index in [1.54, 1.807) is 19.2 Å². The predicted octanol–water partition coefficient (Wildman–Crippen LogP) is 2.24. The van der Waals surface area contributed by atoms with Gasteiger partial charge in [0.2, 0.25) is 0 Å². The van der Waals surface area contributed by atoms with Crippen LogP contribution in [0.15, 0.2) is 18.3 Å². The van der Waals surface area contributed by atoms with E-state index in [0.717, 1.165) is 5.39 Å². The summed E-state index contributed by atoms with van der Waals surface area (Å²) in [6, 6.07) is 2.96. The lowest BCUT2D eigenvalue weighted by molar-refractivity contribution is -0.136. The number of hydrogen-bond donors (Lipinski definition) is 2. The number of aromatic nitrogens is 1. The lowest BCUT2D eigenvalue weighted by Crippen LogP contribution is -1.98. The van der Waals surface area contributed by atoms with Crippen molar-refractivity contribution in [2.75, 3.05) is 0 Å². The zero-order chi connectivity index (χ0) is 11.0. The number of aromatic amines is 1. The highest BCUT2D eigenvalue weighted by Gasteiger charge is 2.10. The maximum absolute atomic E-state index is 13.2. The standard InChI is InChI=1S/C11H10FNO2/c1-6-9(12)3-2-8-7(4-10(14)15)5-13-11(6)8/h2-3,5,13H,4H2,1H3,(H,14,15). The number of nitrogens with one attached hydrogen (secondary N) is 1. The minimum Gasteiger partial charge on any atom is -0.481 e. The first-order valence-corrected chi connectivity index (χ1v) is 4.56. The summed E-state index contributed by atoms with van der Waals surface area (Å²) in [5.74, 6) is -1.18. The molecule has 2 rings (SSSR count). The zero-order valence-electron chi connectivity index (χ0n) is 8.17. The second-order valence-corrected chi connectivity index (χ2v) is 3.48. The van der Waals surface area contributed by atoms with Crippen molar-refractivity contribution in [2.45, 2.75) is 13.3 Å². The molecule has 0 aliphatic carbocycles. The first kappa shape index (κ1) is 9.71. The van der Waals surface area contributed by atoms with Crippen LogP contribution in [0, 0.1) is 12.7 Å². The van der Waals surface area contributed by atoms with Crippen LogP contribution in [-0.4, -0.2) is 16.1 Å². The van der Waals surface area contributed by atoms with Crippen LogP contribution < -0.4 is 0 Å². The molecule has 0 spiro atoms. The first-order chi connectivity index (χ1) is 7.09. The van der Waals surface area contributed by atoms with E-state index in [1.807, 2.05) is 0 Å². The Hall–Kier alpha value is -1.84. The lowest BCUT2D eigenvalue weighted by Gasteiger charge is -1.99. The maximum atomic E-state index is 13.2. The molecule has 0 atom stereocenters. The van der Waals surface area contributed by atoms with Crippen molar-refractivity contribution < 1.29 is 14.3 Å². The van der Waals surface area contributed by atoms with Gasteiger partial charge in [0.25, 0.3) is 0 Å². The smallest absolute Gasteiger partial charge is 0.307 e. The largest absolute Gasteiger partial charge is 0.481 e. The van der Waals surface area contributed by atoms with Gasteiger partial charge in [-0.15, -0.1) is 0 Å². The number of halogens is 1. The Labute approximate surface area is 85.5 Å². The van der Waals surface area contributed by atoms with E-state index in [4.69, 9.17) is 5.11 Å². The van der Waals surface area contributed by atoms with Gasteiger partial charge in [-0.25, -0.2) is 4.39 Å². The van der Waals surface area contributed by atoms with Crippen molar-refractivity contribution in [3.63, 3.8) is 0 Å². The fourth-order valence-corrected chi connectivity index (χ4v) is 1.69. The lowest BCUT2D eigenvalue weighted by atomic mass is 10.1. The van der Waals surface area contributed by atoms with Gasteiger partial charge in [0.05, 0.1) is 11.9 Å². The second-order valence-electron chi connectivity index (χ2n) is 3.48. The van der Waals surface area contributed by atoms with Gasteiger partial charge in [0.1, 0.15) is 5.82 Å². The van der Waals surface area contributed by atoms with E-state index in [9.17, 15) is 9.18 Å². The maximum Gasteiger partial charge on any atom is 0.307 e. The Morgan fingerprint density at radius 2 is 2.27 bits per heavy atom. The van der Waals surface area contributed by atoms with Crippen molar-refractivity contribution in [3.05, 3.63) is 35.3 Å². The van der Waals surface area contributed by atoms with Crippen LogP contribution in [0.1, 0.15) is 11.1 Å². The molecule has 0 amide bonds. The zero-order valence-corrected chi connectivity index (χ0v) is 8.17. The number of fused-ring (bicyclic) bond motifs is 1. The van der Waals surface area contributed by atoms with Crippen LogP contribution in [0.25, 0.3) is 10.9 Å². The van der Waals surface area contributed by atoms with Gasteiger partial charge in [-0.1, -0.05) is 0 Å². The van der Waals surface area contributed by atoms with Crippen molar-refractivity contribution >= 4 is 16.9 Å². The molecule has 1 heterocycles. The Morgan fingerprint density at radius 3 is 2.93 bits per heavy atom. The number of carbonyl (C=O) groups is 1. The molecular weight excluding hydrogens is 197 g/mol. The van der Waals surface area contributed by atoms with Crippen LogP contribution in [0.4, 0.5) is 4.39 Å². The quantitative estimate of drug-likeness (QED) is 0.793. The number of hydrogen-bond acceptors (Lipinski definition) is 1. The summed E-state index contributed by atoms with van der Waals surface area (Å²) in [4.78, 5) is 13.5. The van der Waals surface area contributed by atoms with Gasteiger partial charge in [-0.3, -0.25) is 4.79 Å². The third kappa shape index (κ3) is 1.58. The summed E-state index contributed by atoms with van der Waals surface area (Å²) in [6.07, 6.45) is 1.57. The van der Waals surface area contributed by atoms with E-state index in [0.29, 0.717) is 16.6 Å². The Kier molecular flexibility index (Phi) is 2.19. The summed E-state index contributed by atoms with van der Waals surface area (Å²) in [5, 5.41) is 9.46. The van der Waals surface area contributed by atoms with Gasteiger partial charge in [0.15, 0.2) is 0 Å². The summed E-state index contributed by atoms with van der Waals surface area (Å²) in [6.45, 7) is 1.67. The molecule has 0 saturated heterocycles. The molecule has 15 heavy (non-hydrogen) atoms. The Balaban J connectivity index is 2.61. The van der Waals surface area contributed by atoms with E-state index < -0.39 is 5.97 Å². The summed E-state index contributed by atoms with van der Waals surface area (Å²) < 4.78 is 13.2. The van der Waals surface area contributed by atoms with Crippen molar-refractivity contribution in [1.82, 2.24) is 4.98 Å². The highest BCUT2D eigenvalue weighted by Crippen LogP contribution is 2.23. The molecule has 4 heteroatoms. The van der Waals surface area contributed by atoms with Gasteiger partial charge < -0.3 is 10.1 Å². The molecule has 78 valence electrons. The highest BCUT2D eigenvalue weighted by molar-refractivity contribution is 5.89. The monoisotopic (exact) mass is 207 g/mol. The van der Waals surface area contributed by atoms with Gasteiger partial charge >= 0.3 is 5.97 Å². The molecule has 1 aromatic heterocycles. The number of benzene rings is 1. The summed E-state index contributed by atoms with van der Waals surface area (Å²) >= 11 is 0. The topological polar surface area (TPSA) is 53.1 Å². The summed E-state index contributed by atoms with van der Waals surface area (Å²) in [7, 11) is 0. The van der Waals surface area contributed by atoms with Crippen LogP contribution in [0.5, 0.6) is 0 Å². The molecule has 0 aliphatic rings. The molecule has 0 aliphatic heterocycles. The Bertz CT molecular complexity index is 531. The van der Waals surface area contributed by atoms with Crippen LogP contribution in [-0.2, 0) is 11.2 Å². The van der Waals surface area contributed by atoms with Crippen molar-refractivity contribution in [1.29, 1.82) is 0 Å². The predicted molar refractivity (Wildman–Crippen MR) is 54.3 cm³/mol. The molecule has 3 nitrogen and oxygen atoms in total. The van der Waals surface area contributed by atoms with Gasteiger partial charge in [0, 0.05) is 17.1 Å². The summed E-state index contributed by atoms with van der Waals surface area (Å²) in [5.41, 5.74) is 1.87. The van der Waals surface area contributed by atoms with E-state index in [-0.39, 0.29) is 12.2 Å². The SMILES string of the molecule is Cc1c(F)ccc2c(CC(=O)O)c[nH]c12. The Morgan fingerprint density at radius 1 is 1.53 bits per heavy atom. The average molecular weight is 207 g/mol. The van der Waals surface area contributed by atoms with Crippen LogP contribution in [0.2, 0.25) is 0 Å². The number of rotatable bonds is 2. The highest BCUT2D eigenvalue weighted by atomic mass is 19.1. The van der Waals surface area contributed by atoms with Crippen molar-refractivity contribution in [3.8, 4) is 0 Å². The number of aryl methyl sites for hydroxylation is 1. The average Bonchev–Trinajstić information content (AvgIpc) is 2.55. The van der Waals surface area contributed by atoms with Crippen LogP contribution >= 0.6 is 0 Å². The van der Waals surface area contributed by atoms with E-state index in [1.165, 1.54) is 6.07 Å². The number of aliphatic carboxylic acids is 1. The third-order valence-electron chi connectivity index (χ3n) is 2.48. The molecule has 2 aromatic rings. The van der Waals surface area contributed by atoms with Crippen LogP contribution in [0.3, 0.4) is 0 Å². The fraction of sp³-hybridized carbons (Fsp3) is 0.182. The molecule has 1 aromatic carbocycles. The molecule has 0 saturated carbocycles. The van der Waals surface area contributed by atoms with Gasteiger partial charge in [-0.2, -0.15) is 0 Å². The fourth-order valence-electron chi connectivity index (χ4n) is 1.69. The second kappa shape index (κ2) is 3.38.